The average Bonchev–Trinajstić information content (AvgIpc) is 2.48. The van der Waals surface area contributed by atoms with Gasteiger partial charge in [0.25, 0.3) is 0 Å². The lowest BCUT2D eigenvalue weighted by Gasteiger charge is -2.32. The maximum atomic E-state index is 9.44. The highest BCUT2D eigenvalue weighted by molar-refractivity contribution is 6.59. The zero-order valence-corrected chi connectivity index (χ0v) is 13.1. The molecule has 116 valence electrons. The summed E-state index contributed by atoms with van der Waals surface area (Å²) in [6.07, 6.45) is 3.60. The van der Waals surface area contributed by atoms with Gasteiger partial charge in [0, 0.05) is 0 Å². The Kier molecular flexibility index (Phi) is 5.68. The Morgan fingerprint density at radius 1 is 1.19 bits per heavy atom. The minimum atomic E-state index is -1.49. The molecule has 4 nitrogen and oxygen atoms in total. The standard InChI is InChI=1S/C16H25BO4/c1-11-4-5-15(8-12(11)2)21-10-13-9-14(20-3)6-7-16(13)17(18)19/h6-7,9,11-12,15,18-19H,4-5,8,10H2,1-3H3. The molecule has 1 saturated carbocycles. The van der Waals surface area contributed by atoms with Crippen molar-refractivity contribution in [3.05, 3.63) is 23.8 Å². The first-order chi connectivity index (χ1) is 10.0. The molecule has 0 amide bonds. The van der Waals surface area contributed by atoms with Gasteiger partial charge in [0.1, 0.15) is 5.75 Å². The summed E-state index contributed by atoms with van der Waals surface area (Å²) in [6, 6.07) is 5.21. The lowest BCUT2D eigenvalue weighted by atomic mass is 9.77. The maximum absolute atomic E-state index is 9.44. The van der Waals surface area contributed by atoms with E-state index >= 15 is 0 Å². The van der Waals surface area contributed by atoms with Gasteiger partial charge in [0.15, 0.2) is 0 Å². The second kappa shape index (κ2) is 7.30. The fraction of sp³-hybridized carbons (Fsp3) is 0.625. The molecule has 0 radical (unpaired) electrons. The number of hydrogen-bond acceptors (Lipinski definition) is 4. The van der Waals surface area contributed by atoms with Crippen molar-refractivity contribution >= 4 is 12.6 Å². The molecule has 1 fully saturated rings. The molecule has 0 aliphatic heterocycles. The molecule has 2 N–H and O–H groups in total. The molecular weight excluding hydrogens is 267 g/mol. The first-order valence-corrected chi connectivity index (χ1v) is 7.65. The molecule has 0 saturated heterocycles. The Morgan fingerprint density at radius 2 is 1.95 bits per heavy atom. The van der Waals surface area contributed by atoms with Crippen molar-refractivity contribution in [2.24, 2.45) is 11.8 Å². The number of hydrogen-bond donors (Lipinski definition) is 2. The van der Waals surface area contributed by atoms with E-state index in [1.165, 1.54) is 6.42 Å². The Hall–Kier alpha value is -1.04. The highest BCUT2D eigenvalue weighted by Gasteiger charge is 2.25. The van der Waals surface area contributed by atoms with Crippen LogP contribution in [0.3, 0.4) is 0 Å². The number of benzene rings is 1. The summed E-state index contributed by atoms with van der Waals surface area (Å²) < 4.78 is 11.2. The van der Waals surface area contributed by atoms with Crippen molar-refractivity contribution in [1.82, 2.24) is 0 Å². The number of rotatable bonds is 5. The Balaban J connectivity index is 2.01. The van der Waals surface area contributed by atoms with Gasteiger partial charge in [-0.15, -0.1) is 0 Å². The third kappa shape index (κ3) is 4.22. The van der Waals surface area contributed by atoms with Crippen molar-refractivity contribution in [3.63, 3.8) is 0 Å². The predicted molar refractivity (Wildman–Crippen MR) is 83.6 cm³/mol. The molecule has 21 heavy (non-hydrogen) atoms. The first kappa shape index (κ1) is 16.3. The molecule has 0 spiro atoms. The first-order valence-electron chi connectivity index (χ1n) is 7.65. The van der Waals surface area contributed by atoms with E-state index in [9.17, 15) is 10.0 Å². The summed E-state index contributed by atoms with van der Waals surface area (Å²) in [5, 5.41) is 18.9. The summed E-state index contributed by atoms with van der Waals surface area (Å²) in [5.74, 6) is 2.14. The summed E-state index contributed by atoms with van der Waals surface area (Å²) in [6.45, 7) is 4.95. The fourth-order valence-electron chi connectivity index (χ4n) is 2.94. The third-order valence-electron chi connectivity index (χ3n) is 4.65. The van der Waals surface area contributed by atoms with E-state index in [1.807, 2.05) is 6.07 Å². The molecule has 1 aliphatic rings. The molecule has 0 bridgehead atoms. The van der Waals surface area contributed by atoms with Crippen LogP contribution >= 0.6 is 0 Å². The highest BCUT2D eigenvalue weighted by Crippen LogP contribution is 2.31. The van der Waals surface area contributed by atoms with Crippen molar-refractivity contribution in [2.75, 3.05) is 7.11 Å². The molecule has 3 atom stereocenters. The molecule has 2 rings (SSSR count). The minimum Gasteiger partial charge on any atom is -0.497 e. The molecule has 1 aliphatic carbocycles. The Labute approximate surface area is 127 Å². The lowest BCUT2D eigenvalue weighted by molar-refractivity contribution is -0.00726. The highest BCUT2D eigenvalue weighted by atomic mass is 16.5. The average molecular weight is 292 g/mol. The summed E-state index contributed by atoms with van der Waals surface area (Å²) in [5.41, 5.74) is 1.25. The van der Waals surface area contributed by atoms with Crippen LogP contribution in [0.15, 0.2) is 18.2 Å². The lowest BCUT2D eigenvalue weighted by Crippen LogP contribution is -2.34. The minimum absolute atomic E-state index is 0.256. The van der Waals surface area contributed by atoms with E-state index in [2.05, 4.69) is 13.8 Å². The van der Waals surface area contributed by atoms with Crippen LogP contribution in [0.2, 0.25) is 0 Å². The Bertz CT molecular complexity index is 464. The normalized spacial score (nSPS) is 25.7. The molecule has 3 unspecified atom stereocenters. The summed E-state index contributed by atoms with van der Waals surface area (Å²) in [7, 11) is 0.110. The van der Waals surface area contributed by atoms with Gasteiger partial charge in [0.05, 0.1) is 19.8 Å². The molecule has 0 aromatic heterocycles. The van der Waals surface area contributed by atoms with E-state index in [0.717, 1.165) is 24.3 Å². The topological polar surface area (TPSA) is 58.9 Å². The van der Waals surface area contributed by atoms with Crippen LogP contribution in [0, 0.1) is 11.8 Å². The monoisotopic (exact) mass is 292 g/mol. The summed E-state index contributed by atoms with van der Waals surface area (Å²) in [4.78, 5) is 0. The van der Waals surface area contributed by atoms with E-state index in [1.54, 1.807) is 19.2 Å². The van der Waals surface area contributed by atoms with Crippen molar-refractivity contribution in [3.8, 4) is 5.75 Å². The number of methoxy groups -OCH3 is 1. The van der Waals surface area contributed by atoms with E-state index < -0.39 is 7.12 Å². The third-order valence-corrected chi connectivity index (χ3v) is 4.65. The molecule has 0 heterocycles. The van der Waals surface area contributed by atoms with Crippen LogP contribution < -0.4 is 10.2 Å². The van der Waals surface area contributed by atoms with Crippen LogP contribution in [0.5, 0.6) is 5.75 Å². The maximum Gasteiger partial charge on any atom is 0.488 e. The van der Waals surface area contributed by atoms with E-state index in [4.69, 9.17) is 9.47 Å². The quantitative estimate of drug-likeness (QED) is 0.811. The van der Waals surface area contributed by atoms with Crippen LogP contribution in [-0.4, -0.2) is 30.4 Å². The largest absolute Gasteiger partial charge is 0.497 e. The summed E-state index contributed by atoms with van der Waals surface area (Å²) >= 11 is 0. The van der Waals surface area contributed by atoms with E-state index in [0.29, 0.717) is 23.7 Å². The van der Waals surface area contributed by atoms with Gasteiger partial charge >= 0.3 is 7.12 Å². The Morgan fingerprint density at radius 3 is 2.57 bits per heavy atom. The SMILES string of the molecule is COc1ccc(B(O)O)c(COC2CCC(C)C(C)C2)c1. The van der Waals surface area contributed by atoms with Gasteiger partial charge in [0.2, 0.25) is 0 Å². The predicted octanol–water partition coefficient (Wildman–Crippen LogP) is 1.72. The van der Waals surface area contributed by atoms with Gasteiger partial charge in [-0.2, -0.15) is 0 Å². The number of ether oxygens (including phenoxy) is 2. The zero-order valence-electron chi connectivity index (χ0n) is 13.1. The molecular formula is C16H25BO4. The van der Waals surface area contributed by atoms with Crippen LogP contribution in [-0.2, 0) is 11.3 Å². The van der Waals surface area contributed by atoms with Gasteiger partial charge in [-0.1, -0.05) is 19.9 Å². The van der Waals surface area contributed by atoms with E-state index in [-0.39, 0.29) is 6.10 Å². The smallest absolute Gasteiger partial charge is 0.488 e. The van der Waals surface area contributed by atoms with Crippen LogP contribution in [0.1, 0.15) is 38.7 Å². The van der Waals surface area contributed by atoms with Crippen molar-refractivity contribution < 1.29 is 19.5 Å². The second-order valence-electron chi connectivity index (χ2n) is 6.14. The van der Waals surface area contributed by atoms with Gasteiger partial charge in [-0.25, -0.2) is 0 Å². The molecule has 5 heteroatoms. The van der Waals surface area contributed by atoms with Crippen LogP contribution in [0.25, 0.3) is 0 Å². The molecule has 1 aromatic carbocycles. The van der Waals surface area contributed by atoms with Crippen molar-refractivity contribution in [2.45, 2.75) is 45.8 Å². The fourth-order valence-corrected chi connectivity index (χ4v) is 2.94. The van der Waals surface area contributed by atoms with Gasteiger partial charge in [-0.05, 0) is 54.3 Å². The second-order valence-corrected chi connectivity index (χ2v) is 6.14. The van der Waals surface area contributed by atoms with Crippen LogP contribution in [0.4, 0.5) is 0 Å². The molecule has 1 aromatic rings. The zero-order chi connectivity index (χ0) is 15.4. The van der Waals surface area contributed by atoms with Crippen molar-refractivity contribution in [1.29, 1.82) is 0 Å². The van der Waals surface area contributed by atoms with Gasteiger partial charge < -0.3 is 19.5 Å². The van der Waals surface area contributed by atoms with Gasteiger partial charge in [-0.3, -0.25) is 0 Å².